The van der Waals surface area contributed by atoms with Gasteiger partial charge in [-0.2, -0.15) is 0 Å². The van der Waals surface area contributed by atoms with E-state index in [2.05, 4.69) is 10.6 Å². The maximum absolute atomic E-state index is 11.4. The SMILES string of the molecule is CNCCC(=O)N1CC(=O)NC(=O)C1. The Morgan fingerprint density at radius 1 is 1.43 bits per heavy atom. The van der Waals surface area contributed by atoms with Crippen LogP contribution >= 0.6 is 0 Å². The number of nitrogens with one attached hydrogen (secondary N) is 2. The summed E-state index contributed by atoms with van der Waals surface area (Å²) in [6, 6.07) is 0. The summed E-state index contributed by atoms with van der Waals surface area (Å²) in [7, 11) is 1.74. The Morgan fingerprint density at radius 2 is 2.00 bits per heavy atom. The molecule has 0 bridgehead atoms. The Morgan fingerprint density at radius 3 is 2.50 bits per heavy atom. The fourth-order valence-corrected chi connectivity index (χ4v) is 1.20. The predicted molar refractivity (Wildman–Crippen MR) is 48.3 cm³/mol. The van der Waals surface area contributed by atoms with E-state index in [0.717, 1.165) is 0 Å². The standard InChI is InChI=1S/C8H13N3O3/c1-9-3-2-8(14)11-4-6(12)10-7(13)5-11/h9H,2-5H2,1H3,(H,10,12,13). The number of rotatable bonds is 3. The molecule has 1 saturated heterocycles. The highest BCUT2D eigenvalue weighted by molar-refractivity contribution is 6.02. The minimum Gasteiger partial charge on any atom is -0.324 e. The van der Waals surface area contributed by atoms with E-state index in [1.165, 1.54) is 4.90 Å². The van der Waals surface area contributed by atoms with Crippen LogP contribution in [-0.2, 0) is 14.4 Å². The molecule has 6 heteroatoms. The first-order valence-corrected chi connectivity index (χ1v) is 4.38. The second-order valence-corrected chi connectivity index (χ2v) is 3.07. The summed E-state index contributed by atoms with van der Waals surface area (Å²) in [5, 5.41) is 4.96. The minimum absolute atomic E-state index is 0.0196. The molecule has 0 atom stereocenters. The lowest BCUT2D eigenvalue weighted by Crippen LogP contribution is -2.53. The summed E-state index contributed by atoms with van der Waals surface area (Å²) in [5.41, 5.74) is 0. The van der Waals surface area contributed by atoms with E-state index in [4.69, 9.17) is 0 Å². The molecule has 1 fully saturated rings. The van der Waals surface area contributed by atoms with Gasteiger partial charge in [-0.25, -0.2) is 0 Å². The van der Waals surface area contributed by atoms with Gasteiger partial charge in [-0.15, -0.1) is 0 Å². The van der Waals surface area contributed by atoms with Crippen molar-refractivity contribution in [3.05, 3.63) is 0 Å². The van der Waals surface area contributed by atoms with Gasteiger partial charge in [0.1, 0.15) is 13.1 Å². The van der Waals surface area contributed by atoms with Crippen LogP contribution in [0.2, 0.25) is 0 Å². The molecular weight excluding hydrogens is 186 g/mol. The number of hydrogen-bond donors (Lipinski definition) is 2. The normalized spacial score (nSPS) is 16.8. The van der Waals surface area contributed by atoms with Crippen LogP contribution in [0.25, 0.3) is 0 Å². The lowest BCUT2D eigenvalue weighted by molar-refractivity contribution is -0.145. The predicted octanol–water partition coefficient (Wildman–Crippen LogP) is -1.92. The average Bonchev–Trinajstić information content (AvgIpc) is 2.12. The van der Waals surface area contributed by atoms with Gasteiger partial charge in [0.05, 0.1) is 0 Å². The Bertz CT molecular complexity index is 249. The highest BCUT2D eigenvalue weighted by Gasteiger charge is 2.25. The summed E-state index contributed by atoms with van der Waals surface area (Å²) < 4.78 is 0. The Balaban J connectivity index is 2.46. The zero-order chi connectivity index (χ0) is 10.6. The van der Waals surface area contributed by atoms with Crippen molar-refractivity contribution in [3.8, 4) is 0 Å². The van der Waals surface area contributed by atoms with E-state index >= 15 is 0 Å². The van der Waals surface area contributed by atoms with Gasteiger partial charge in [0, 0.05) is 13.0 Å². The van der Waals surface area contributed by atoms with Crippen LogP contribution in [0.3, 0.4) is 0 Å². The number of imide groups is 1. The first-order valence-electron chi connectivity index (χ1n) is 4.38. The second kappa shape index (κ2) is 4.71. The molecular formula is C8H13N3O3. The maximum atomic E-state index is 11.4. The zero-order valence-electron chi connectivity index (χ0n) is 8.00. The van der Waals surface area contributed by atoms with E-state index < -0.39 is 11.8 Å². The molecule has 2 N–H and O–H groups in total. The van der Waals surface area contributed by atoms with E-state index in [9.17, 15) is 14.4 Å². The lowest BCUT2D eigenvalue weighted by atomic mass is 10.3. The van der Waals surface area contributed by atoms with Gasteiger partial charge in [-0.1, -0.05) is 0 Å². The first kappa shape index (κ1) is 10.6. The third-order valence-electron chi connectivity index (χ3n) is 1.89. The fraction of sp³-hybridized carbons (Fsp3) is 0.625. The van der Waals surface area contributed by atoms with Crippen molar-refractivity contribution >= 4 is 17.7 Å². The van der Waals surface area contributed by atoms with Crippen molar-refractivity contribution < 1.29 is 14.4 Å². The van der Waals surface area contributed by atoms with Crippen LogP contribution in [0, 0.1) is 0 Å². The molecule has 0 aromatic heterocycles. The number of carbonyl (C=O) groups excluding carboxylic acids is 3. The Kier molecular flexibility index (Phi) is 3.58. The largest absolute Gasteiger partial charge is 0.324 e. The molecule has 0 aromatic rings. The molecule has 0 aromatic carbocycles. The van der Waals surface area contributed by atoms with Crippen LogP contribution < -0.4 is 10.6 Å². The molecule has 0 saturated carbocycles. The maximum Gasteiger partial charge on any atom is 0.246 e. The molecule has 3 amide bonds. The van der Waals surface area contributed by atoms with Crippen molar-refractivity contribution in [2.45, 2.75) is 6.42 Å². The number of hydrogen-bond acceptors (Lipinski definition) is 4. The molecule has 0 unspecified atom stereocenters. The smallest absolute Gasteiger partial charge is 0.246 e. The second-order valence-electron chi connectivity index (χ2n) is 3.07. The van der Waals surface area contributed by atoms with Gasteiger partial charge in [0.15, 0.2) is 0 Å². The van der Waals surface area contributed by atoms with Gasteiger partial charge in [0.2, 0.25) is 17.7 Å². The van der Waals surface area contributed by atoms with Gasteiger partial charge >= 0.3 is 0 Å². The van der Waals surface area contributed by atoms with E-state index in [1.807, 2.05) is 0 Å². The Hall–Kier alpha value is -1.43. The molecule has 1 heterocycles. The summed E-state index contributed by atoms with van der Waals surface area (Å²) >= 11 is 0. The lowest BCUT2D eigenvalue weighted by Gasteiger charge is -2.25. The molecule has 1 aliphatic heterocycles. The quantitative estimate of drug-likeness (QED) is 0.519. The topological polar surface area (TPSA) is 78.5 Å². The number of piperazine rings is 1. The van der Waals surface area contributed by atoms with E-state index in [-0.39, 0.29) is 19.0 Å². The monoisotopic (exact) mass is 199 g/mol. The number of carbonyl (C=O) groups is 3. The summed E-state index contributed by atoms with van der Waals surface area (Å²) in [6.45, 7) is 0.508. The van der Waals surface area contributed by atoms with Crippen molar-refractivity contribution in [2.75, 3.05) is 26.7 Å². The highest BCUT2D eigenvalue weighted by atomic mass is 16.2. The molecule has 0 spiro atoms. The molecule has 78 valence electrons. The summed E-state index contributed by atoms with van der Waals surface area (Å²) in [4.78, 5) is 34.5. The van der Waals surface area contributed by atoms with Crippen LogP contribution in [-0.4, -0.2) is 49.3 Å². The van der Waals surface area contributed by atoms with Gasteiger partial charge < -0.3 is 10.2 Å². The zero-order valence-corrected chi connectivity index (χ0v) is 8.00. The molecule has 6 nitrogen and oxygen atoms in total. The van der Waals surface area contributed by atoms with Gasteiger partial charge in [-0.3, -0.25) is 19.7 Å². The number of amides is 3. The third kappa shape index (κ3) is 2.81. The minimum atomic E-state index is -0.418. The van der Waals surface area contributed by atoms with Crippen LogP contribution in [0.5, 0.6) is 0 Å². The highest BCUT2D eigenvalue weighted by Crippen LogP contribution is 1.97. The van der Waals surface area contributed by atoms with E-state index in [1.54, 1.807) is 7.05 Å². The molecule has 14 heavy (non-hydrogen) atoms. The van der Waals surface area contributed by atoms with Crippen molar-refractivity contribution in [1.82, 2.24) is 15.5 Å². The van der Waals surface area contributed by atoms with E-state index in [0.29, 0.717) is 13.0 Å². The van der Waals surface area contributed by atoms with Crippen molar-refractivity contribution in [2.24, 2.45) is 0 Å². The molecule has 1 aliphatic rings. The third-order valence-corrected chi connectivity index (χ3v) is 1.89. The van der Waals surface area contributed by atoms with Crippen LogP contribution in [0.15, 0.2) is 0 Å². The fourth-order valence-electron chi connectivity index (χ4n) is 1.20. The van der Waals surface area contributed by atoms with Gasteiger partial charge in [-0.05, 0) is 7.05 Å². The Labute approximate surface area is 81.6 Å². The molecule has 0 radical (unpaired) electrons. The average molecular weight is 199 g/mol. The number of nitrogens with zero attached hydrogens (tertiary/aromatic N) is 1. The molecule has 0 aliphatic carbocycles. The first-order chi connectivity index (χ1) is 6.63. The summed E-state index contributed by atoms with van der Waals surface area (Å²) in [5.74, 6) is -1.01. The molecule has 1 rings (SSSR count). The van der Waals surface area contributed by atoms with Gasteiger partial charge in [0.25, 0.3) is 0 Å². The summed E-state index contributed by atoms with van der Waals surface area (Å²) in [6.07, 6.45) is 0.303. The van der Waals surface area contributed by atoms with Crippen molar-refractivity contribution in [1.29, 1.82) is 0 Å². The van der Waals surface area contributed by atoms with Crippen molar-refractivity contribution in [3.63, 3.8) is 0 Å². The van der Waals surface area contributed by atoms with Crippen LogP contribution in [0.4, 0.5) is 0 Å². The van der Waals surface area contributed by atoms with Crippen LogP contribution in [0.1, 0.15) is 6.42 Å².